The van der Waals surface area contributed by atoms with E-state index in [4.69, 9.17) is 0 Å². The molecule has 8 heteroatoms. The number of hydrogen-bond acceptors (Lipinski definition) is 4. The second kappa shape index (κ2) is 7.75. The maximum absolute atomic E-state index is 13.1. The normalized spacial score (nSPS) is 20.9. The molecule has 1 N–H and O–H groups in total. The van der Waals surface area contributed by atoms with Crippen molar-refractivity contribution in [1.82, 2.24) is 9.21 Å². The van der Waals surface area contributed by atoms with Crippen LogP contribution < -0.4 is 0 Å². The minimum atomic E-state index is -3.95. The summed E-state index contributed by atoms with van der Waals surface area (Å²) in [6.45, 7) is 4.13. The molecule has 26 heavy (non-hydrogen) atoms. The number of unbranched alkanes of at least 4 members (excludes halogenated alkanes) is 1. The third-order valence-corrected chi connectivity index (χ3v) is 6.79. The third-order valence-electron chi connectivity index (χ3n) is 4.88. The van der Waals surface area contributed by atoms with E-state index >= 15 is 0 Å². The minimum absolute atomic E-state index is 0.0667. The highest BCUT2D eigenvalue weighted by Crippen LogP contribution is 2.34. The highest BCUT2D eigenvalue weighted by Gasteiger charge is 2.45. The Kier molecular flexibility index (Phi) is 6.08. The average Bonchev–Trinajstić information content (AvgIpc) is 3.03. The van der Waals surface area contributed by atoms with Crippen LogP contribution in [-0.2, 0) is 14.8 Å². The van der Waals surface area contributed by atoms with Gasteiger partial charge in [0, 0.05) is 26.7 Å². The lowest BCUT2D eigenvalue weighted by molar-refractivity contribution is -0.146. The van der Waals surface area contributed by atoms with Gasteiger partial charge in [-0.15, -0.1) is 0 Å². The molecule has 1 atom stereocenters. The van der Waals surface area contributed by atoms with E-state index in [0.29, 0.717) is 6.54 Å². The zero-order valence-electron chi connectivity index (χ0n) is 15.4. The minimum Gasteiger partial charge on any atom is -0.481 e. The third kappa shape index (κ3) is 3.91. The average molecular weight is 382 g/mol. The van der Waals surface area contributed by atoms with Crippen molar-refractivity contribution in [2.24, 2.45) is 5.41 Å². The Labute approximate surface area is 154 Å². The van der Waals surface area contributed by atoms with Gasteiger partial charge in [0.2, 0.25) is 10.0 Å². The quantitative estimate of drug-likeness (QED) is 0.779. The maximum atomic E-state index is 13.1. The fraction of sp³-hybridized carbons (Fsp3) is 0.556. The number of carbonyl (C=O) groups excluding carboxylic acids is 1. The molecule has 0 aliphatic carbocycles. The van der Waals surface area contributed by atoms with E-state index in [1.807, 2.05) is 6.92 Å². The van der Waals surface area contributed by atoms with Gasteiger partial charge < -0.3 is 10.0 Å². The molecule has 0 spiro atoms. The number of aliphatic carboxylic acids is 1. The molecule has 1 aliphatic rings. The number of rotatable bonds is 7. The molecular weight excluding hydrogens is 356 g/mol. The van der Waals surface area contributed by atoms with Gasteiger partial charge >= 0.3 is 5.97 Å². The lowest BCUT2D eigenvalue weighted by atomic mass is 9.90. The largest absolute Gasteiger partial charge is 0.481 e. The maximum Gasteiger partial charge on any atom is 0.310 e. The summed E-state index contributed by atoms with van der Waals surface area (Å²) >= 11 is 0. The fourth-order valence-corrected chi connectivity index (χ4v) is 4.76. The van der Waals surface area contributed by atoms with Crippen molar-refractivity contribution in [3.05, 3.63) is 29.8 Å². The molecule has 1 unspecified atom stereocenters. The number of amides is 1. The highest BCUT2D eigenvalue weighted by molar-refractivity contribution is 7.89. The Hall–Kier alpha value is -1.93. The van der Waals surface area contributed by atoms with Gasteiger partial charge in [0.25, 0.3) is 5.91 Å². The van der Waals surface area contributed by atoms with E-state index in [1.54, 1.807) is 26.1 Å². The van der Waals surface area contributed by atoms with Gasteiger partial charge in [-0.1, -0.05) is 25.5 Å². The van der Waals surface area contributed by atoms with Gasteiger partial charge in [-0.25, -0.2) is 8.42 Å². The van der Waals surface area contributed by atoms with Crippen LogP contribution in [-0.4, -0.2) is 61.3 Å². The smallest absolute Gasteiger partial charge is 0.310 e. The van der Waals surface area contributed by atoms with Crippen LogP contribution in [0.5, 0.6) is 0 Å². The first-order chi connectivity index (χ1) is 12.1. The van der Waals surface area contributed by atoms with Crippen molar-refractivity contribution < 1.29 is 23.1 Å². The van der Waals surface area contributed by atoms with E-state index < -0.39 is 21.4 Å². The van der Waals surface area contributed by atoms with E-state index in [0.717, 1.165) is 12.8 Å². The Balaban J connectivity index is 2.34. The molecular formula is C18H26N2O5S. The van der Waals surface area contributed by atoms with Crippen LogP contribution in [0.3, 0.4) is 0 Å². The molecule has 0 radical (unpaired) electrons. The summed E-state index contributed by atoms with van der Waals surface area (Å²) in [6, 6.07) is 6.12. The summed E-state index contributed by atoms with van der Waals surface area (Å²) in [7, 11) is -2.30. The highest BCUT2D eigenvalue weighted by atomic mass is 32.2. The summed E-state index contributed by atoms with van der Waals surface area (Å²) in [6.07, 6.45) is 2.01. The lowest BCUT2D eigenvalue weighted by Gasteiger charge is -2.23. The van der Waals surface area contributed by atoms with Crippen LogP contribution in [0.1, 0.15) is 43.5 Å². The second-order valence-electron chi connectivity index (χ2n) is 7.03. The Morgan fingerprint density at radius 1 is 1.31 bits per heavy atom. The Morgan fingerprint density at radius 2 is 1.96 bits per heavy atom. The first-order valence-electron chi connectivity index (χ1n) is 8.71. The molecule has 7 nitrogen and oxygen atoms in total. The van der Waals surface area contributed by atoms with E-state index in [-0.39, 0.29) is 35.9 Å². The first-order valence-corrected chi connectivity index (χ1v) is 10.2. The van der Waals surface area contributed by atoms with Crippen LogP contribution in [0.15, 0.2) is 29.2 Å². The Bertz CT molecular complexity index is 793. The number of carboxylic acids is 1. The number of nitrogens with zero attached hydrogens (tertiary/aromatic N) is 2. The van der Waals surface area contributed by atoms with Crippen molar-refractivity contribution in [3.63, 3.8) is 0 Å². The molecule has 0 saturated carbocycles. The lowest BCUT2D eigenvalue weighted by Crippen LogP contribution is -2.36. The molecule has 1 aromatic rings. The first kappa shape index (κ1) is 20.4. The van der Waals surface area contributed by atoms with Crippen molar-refractivity contribution in [2.75, 3.05) is 26.7 Å². The monoisotopic (exact) mass is 382 g/mol. The number of carbonyl (C=O) groups is 2. The molecule has 1 heterocycles. The SMILES string of the molecule is CCCCN(C)C(=O)c1ccccc1S(=O)(=O)N1CCC(C)(C(=O)O)C1. The number of benzene rings is 1. The van der Waals surface area contributed by atoms with Crippen molar-refractivity contribution in [3.8, 4) is 0 Å². The van der Waals surface area contributed by atoms with E-state index in [9.17, 15) is 23.1 Å². The second-order valence-corrected chi connectivity index (χ2v) is 8.94. The summed E-state index contributed by atoms with van der Waals surface area (Å²) in [5.74, 6) is -1.36. The van der Waals surface area contributed by atoms with Gasteiger partial charge in [0.05, 0.1) is 15.9 Å². The van der Waals surface area contributed by atoms with Crippen molar-refractivity contribution >= 4 is 21.9 Å². The predicted octanol–water partition coefficient (Wildman–Crippen LogP) is 2.04. The summed E-state index contributed by atoms with van der Waals surface area (Å²) < 4.78 is 27.3. The topological polar surface area (TPSA) is 95.0 Å². The zero-order chi connectivity index (χ0) is 19.5. The van der Waals surface area contributed by atoms with Gasteiger partial charge in [0.15, 0.2) is 0 Å². The van der Waals surface area contributed by atoms with Gasteiger partial charge in [-0.05, 0) is 31.9 Å². The summed E-state index contributed by atoms with van der Waals surface area (Å²) in [4.78, 5) is 25.6. The molecule has 1 saturated heterocycles. The standard InChI is InChI=1S/C18H26N2O5S/c1-4-5-11-19(3)16(21)14-8-6-7-9-15(14)26(24,25)20-12-10-18(2,13-20)17(22)23/h6-9H,4-5,10-13H2,1-3H3,(H,22,23). The molecule has 1 fully saturated rings. The number of hydrogen-bond donors (Lipinski definition) is 1. The zero-order valence-corrected chi connectivity index (χ0v) is 16.3. The molecule has 144 valence electrons. The Morgan fingerprint density at radius 3 is 2.54 bits per heavy atom. The van der Waals surface area contributed by atoms with E-state index in [2.05, 4.69) is 0 Å². The van der Waals surface area contributed by atoms with Crippen LogP contribution in [0, 0.1) is 5.41 Å². The molecule has 0 bridgehead atoms. The summed E-state index contributed by atoms with van der Waals surface area (Å²) in [5.41, 5.74) is -0.987. The van der Waals surface area contributed by atoms with E-state index in [1.165, 1.54) is 21.3 Å². The number of sulfonamides is 1. The van der Waals surface area contributed by atoms with Crippen LogP contribution in [0.2, 0.25) is 0 Å². The van der Waals surface area contributed by atoms with Crippen LogP contribution in [0.4, 0.5) is 0 Å². The molecule has 1 aromatic carbocycles. The van der Waals surface area contributed by atoms with Crippen molar-refractivity contribution in [1.29, 1.82) is 0 Å². The van der Waals surface area contributed by atoms with Crippen LogP contribution >= 0.6 is 0 Å². The fourth-order valence-electron chi connectivity index (χ4n) is 3.01. The number of carboxylic acid groups (broad SMARTS) is 1. The molecule has 2 rings (SSSR count). The molecule has 0 aromatic heterocycles. The van der Waals surface area contributed by atoms with Gasteiger partial charge in [-0.3, -0.25) is 9.59 Å². The predicted molar refractivity (Wildman–Crippen MR) is 97.4 cm³/mol. The van der Waals surface area contributed by atoms with Crippen molar-refractivity contribution in [2.45, 2.75) is 38.0 Å². The summed E-state index contributed by atoms with van der Waals surface area (Å²) in [5, 5.41) is 9.34. The van der Waals surface area contributed by atoms with Gasteiger partial charge in [0.1, 0.15) is 0 Å². The van der Waals surface area contributed by atoms with Crippen LogP contribution in [0.25, 0.3) is 0 Å². The molecule has 1 aliphatic heterocycles. The van der Waals surface area contributed by atoms with Gasteiger partial charge in [-0.2, -0.15) is 4.31 Å². The molecule has 1 amide bonds.